The molecule has 86 valence electrons. The number of amides is 2. The van der Waals surface area contributed by atoms with Gasteiger partial charge in [0.05, 0.1) is 12.6 Å². The van der Waals surface area contributed by atoms with Gasteiger partial charge in [-0.2, -0.15) is 0 Å². The van der Waals surface area contributed by atoms with E-state index in [0.29, 0.717) is 6.54 Å². The van der Waals surface area contributed by atoms with Crippen molar-refractivity contribution < 1.29 is 4.79 Å². The fraction of sp³-hybridized carbons (Fsp3) is 0.200. The predicted molar refractivity (Wildman–Crippen MR) is 66.7 cm³/mol. The average Bonchev–Trinajstić information content (AvgIpc) is 2.62. The number of carbonyl (C=O) groups excluding carboxylic acids is 1. The largest absolute Gasteiger partial charge is 0.370 e. The molecule has 1 heterocycles. The normalized spacial score (nSPS) is 18.9. The highest BCUT2D eigenvalue weighted by molar-refractivity contribution is 8.93. The molecule has 2 amide bonds. The number of rotatable bonds is 1. The van der Waals surface area contributed by atoms with Gasteiger partial charge in [-0.25, -0.2) is 4.79 Å². The molecule has 1 atom stereocenters. The zero-order chi connectivity index (χ0) is 10.8. The van der Waals surface area contributed by atoms with Crippen molar-refractivity contribution in [2.75, 3.05) is 6.54 Å². The van der Waals surface area contributed by atoms with Gasteiger partial charge in [-0.15, -0.1) is 17.0 Å². The van der Waals surface area contributed by atoms with Crippen molar-refractivity contribution in [3.05, 3.63) is 35.9 Å². The minimum absolute atomic E-state index is 0. The highest BCUT2D eigenvalue weighted by Gasteiger charge is 2.31. The summed E-state index contributed by atoms with van der Waals surface area (Å²) >= 11 is 0. The molecule has 0 spiro atoms. The molecule has 2 rings (SSSR count). The van der Waals surface area contributed by atoms with Gasteiger partial charge in [0.1, 0.15) is 0 Å². The fourth-order valence-corrected chi connectivity index (χ4v) is 1.62. The van der Waals surface area contributed by atoms with Crippen LogP contribution in [0.15, 0.2) is 30.3 Å². The summed E-state index contributed by atoms with van der Waals surface area (Å²) in [6.07, 6.45) is 0. The van der Waals surface area contributed by atoms with E-state index in [1.165, 1.54) is 4.90 Å². The first kappa shape index (κ1) is 12.5. The van der Waals surface area contributed by atoms with Gasteiger partial charge in [-0.05, 0) is 5.56 Å². The number of hydrogen-bond donors (Lipinski definition) is 3. The van der Waals surface area contributed by atoms with Crippen LogP contribution in [0.2, 0.25) is 0 Å². The summed E-state index contributed by atoms with van der Waals surface area (Å²) in [4.78, 5) is 12.6. The van der Waals surface area contributed by atoms with Crippen molar-refractivity contribution in [2.45, 2.75) is 6.04 Å². The summed E-state index contributed by atoms with van der Waals surface area (Å²) in [6, 6.07) is 9.24. The molecule has 1 aliphatic heterocycles. The van der Waals surface area contributed by atoms with E-state index in [0.717, 1.165) is 5.56 Å². The third-order valence-corrected chi connectivity index (χ3v) is 2.40. The Labute approximate surface area is 104 Å². The number of guanidine groups is 1. The number of urea groups is 1. The summed E-state index contributed by atoms with van der Waals surface area (Å²) in [5.74, 6) is -0.217. The van der Waals surface area contributed by atoms with Crippen LogP contribution in [0.1, 0.15) is 11.6 Å². The van der Waals surface area contributed by atoms with Crippen LogP contribution in [0, 0.1) is 5.41 Å². The number of benzene rings is 1. The lowest BCUT2D eigenvalue weighted by Gasteiger charge is -2.11. The molecule has 0 radical (unpaired) electrons. The molecule has 1 aliphatic rings. The average molecular weight is 285 g/mol. The summed E-state index contributed by atoms with van der Waals surface area (Å²) in [6.45, 7) is 0.415. The standard InChI is InChI=1S/C10H12N4O.BrH/c11-9(12)14-6-8(13-10(14)15)7-4-2-1-3-5-7;/h1-5,8H,6H2,(H3,11,12)(H,13,15);1H. The minimum atomic E-state index is -0.309. The highest BCUT2D eigenvalue weighted by atomic mass is 79.9. The van der Waals surface area contributed by atoms with E-state index in [9.17, 15) is 4.79 Å². The van der Waals surface area contributed by atoms with Gasteiger partial charge in [-0.3, -0.25) is 10.3 Å². The third kappa shape index (κ3) is 2.33. The number of halogens is 1. The number of nitrogens with zero attached hydrogens (tertiary/aromatic N) is 1. The van der Waals surface area contributed by atoms with Crippen molar-refractivity contribution in [1.29, 1.82) is 5.41 Å². The van der Waals surface area contributed by atoms with Gasteiger partial charge in [0, 0.05) is 0 Å². The lowest BCUT2D eigenvalue weighted by Crippen LogP contribution is -2.38. The second kappa shape index (κ2) is 4.98. The fourth-order valence-electron chi connectivity index (χ4n) is 1.62. The summed E-state index contributed by atoms with van der Waals surface area (Å²) in [5.41, 5.74) is 6.30. The molecule has 5 nitrogen and oxygen atoms in total. The van der Waals surface area contributed by atoms with E-state index < -0.39 is 0 Å². The second-order valence-corrected chi connectivity index (χ2v) is 3.41. The lowest BCUT2D eigenvalue weighted by atomic mass is 10.1. The van der Waals surface area contributed by atoms with Crippen LogP contribution < -0.4 is 11.1 Å². The van der Waals surface area contributed by atoms with Gasteiger partial charge in [-0.1, -0.05) is 30.3 Å². The van der Waals surface area contributed by atoms with Crippen LogP contribution in [0.25, 0.3) is 0 Å². The Hall–Kier alpha value is -1.56. The maximum absolute atomic E-state index is 11.4. The molecule has 1 unspecified atom stereocenters. The molecule has 16 heavy (non-hydrogen) atoms. The monoisotopic (exact) mass is 284 g/mol. The number of hydrogen-bond acceptors (Lipinski definition) is 2. The Morgan fingerprint density at radius 2 is 2.06 bits per heavy atom. The van der Waals surface area contributed by atoms with E-state index in [4.69, 9.17) is 11.1 Å². The van der Waals surface area contributed by atoms with E-state index in [-0.39, 0.29) is 35.0 Å². The molecule has 0 aliphatic carbocycles. The smallest absolute Gasteiger partial charge is 0.324 e. The first-order valence-corrected chi connectivity index (χ1v) is 4.65. The molecule has 1 fully saturated rings. The van der Waals surface area contributed by atoms with Crippen molar-refractivity contribution in [2.24, 2.45) is 5.73 Å². The quantitative estimate of drug-likeness (QED) is 0.535. The zero-order valence-electron chi connectivity index (χ0n) is 8.51. The van der Waals surface area contributed by atoms with Gasteiger partial charge >= 0.3 is 6.03 Å². The van der Waals surface area contributed by atoms with E-state index in [1.54, 1.807) is 0 Å². The molecule has 1 aromatic rings. The van der Waals surface area contributed by atoms with Crippen LogP contribution in [0.4, 0.5) is 4.79 Å². The first-order valence-electron chi connectivity index (χ1n) is 4.65. The Balaban J connectivity index is 0.00000128. The topological polar surface area (TPSA) is 82.2 Å². The second-order valence-electron chi connectivity index (χ2n) is 3.41. The van der Waals surface area contributed by atoms with Crippen LogP contribution in [-0.2, 0) is 0 Å². The maximum atomic E-state index is 11.4. The lowest BCUT2D eigenvalue weighted by molar-refractivity contribution is 0.233. The van der Waals surface area contributed by atoms with Crippen LogP contribution in [-0.4, -0.2) is 23.4 Å². The number of nitrogens with two attached hydrogens (primary N) is 1. The number of carbonyl (C=O) groups is 1. The van der Waals surface area contributed by atoms with Crippen molar-refractivity contribution in [3.63, 3.8) is 0 Å². The third-order valence-electron chi connectivity index (χ3n) is 2.40. The van der Waals surface area contributed by atoms with Crippen LogP contribution in [0.5, 0.6) is 0 Å². The van der Waals surface area contributed by atoms with Crippen LogP contribution in [0.3, 0.4) is 0 Å². The molecule has 0 saturated carbocycles. The Morgan fingerprint density at radius 3 is 2.56 bits per heavy atom. The molecular weight excluding hydrogens is 272 g/mol. The molecule has 1 saturated heterocycles. The molecule has 0 aromatic heterocycles. The maximum Gasteiger partial charge on any atom is 0.324 e. The predicted octanol–water partition coefficient (Wildman–Crippen LogP) is 1.22. The van der Waals surface area contributed by atoms with Crippen molar-refractivity contribution in [1.82, 2.24) is 10.2 Å². The Morgan fingerprint density at radius 1 is 1.44 bits per heavy atom. The SMILES string of the molecule is Br.N=C(N)N1CC(c2ccccc2)NC1=O. The number of nitrogens with one attached hydrogen (secondary N) is 2. The molecular formula is C10H13BrN4O. The van der Waals surface area contributed by atoms with Crippen LogP contribution >= 0.6 is 17.0 Å². The van der Waals surface area contributed by atoms with E-state index >= 15 is 0 Å². The molecule has 4 N–H and O–H groups in total. The summed E-state index contributed by atoms with van der Waals surface area (Å²) < 4.78 is 0. The summed E-state index contributed by atoms with van der Waals surface area (Å²) in [7, 11) is 0. The van der Waals surface area contributed by atoms with Gasteiger partial charge in [0.25, 0.3) is 0 Å². The molecule has 1 aromatic carbocycles. The highest BCUT2D eigenvalue weighted by Crippen LogP contribution is 2.19. The van der Waals surface area contributed by atoms with E-state index in [2.05, 4.69) is 5.32 Å². The van der Waals surface area contributed by atoms with E-state index in [1.807, 2.05) is 30.3 Å². The van der Waals surface area contributed by atoms with Gasteiger partial charge < -0.3 is 11.1 Å². The summed E-state index contributed by atoms with van der Waals surface area (Å²) in [5, 5.41) is 9.99. The van der Waals surface area contributed by atoms with Crippen molar-refractivity contribution >= 4 is 29.0 Å². The van der Waals surface area contributed by atoms with Gasteiger partial charge in [0.2, 0.25) is 0 Å². The molecule has 0 bridgehead atoms. The Kier molecular flexibility index (Phi) is 3.89. The van der Waals surface area contributed by atoms with Crippen molar-refractivity contribution in [3.8, 4) is 0 Å². The Bertz CT molecular complexity index is 395. The van der Waals surface area contributed by atoms with Gasteiger partial charge in [0.15, 0.2) is 5.96 Å². The minimum Gasteiger partial charge on any atom is -0.370 e. The first-order chi connectivity index (χ1) is 7.18. The zero-order valence-corrected chi connectivity index (χ0v) is 10.2. The molecule has 6 heteroatoms.